The number of hydrogen-bond donors (Lipinski definition) is 0. The zero-order chi connectivity index (χ0) is 15.5. The van der Waals surface area contributed by atoms with Crippen molar-refractivity contribution in [1.29, 1.82) is 0 Å². The van der Waals surface area contributed by atoms with Crippen LogP contribution < -0.4 is 0 Å². The third kappa shape index (κ3) is 2.90. The van der Waals surface area contributed by atoms with Crippen LogP contribution in [0.25, 0.3) is 5.69 Å². The van der Waals surface area contributed by atoms with Crippen LogP contribution in [0.5, 0.6) is 0 Å². The molecule has 3 aromatic rings. The van der Waals surface area contributed by atoms with Crippen molar-refractivity contribution in [3.63, 3.8) is 0 Å². The van der Waals surface area contributed by atoms with E-state index in [1.54, 1.807) is 12.4 Å². The summed E-state index contributed by atoms with van der Waals surface area (Å²) in [6.07, 6.45) is 5.02. The van der Waals surface area contributed by atoms with Crippen molar-refractivity contribution in [2.45, 2.75) is 19.8 Å². The van der Waals surface area contributed by atoms with Crippen LogP contribution in [0, 0.1) is 5.82 Å². The Balaban J connectivity index is 2.07. The van der Waals surface area contributed by atoms with Gasteiger partial charge < -0.3 is 4.57 Å². The van der Waals surface area contributed by atoms with E-state index in [1.807, 2.05) is 41.1 Å². The summed E-state index contributed by atoms with van der Waals surface area (Å²) in [5.74, 6) is -0.256. The van der Waals surface area contributed by atoms with Gasteiger partial charge in [0, 0.05) is 23.3 Å². The molecule has 0 amide bonds. The molecule has 112 valence electrons. The van der Waals surface area contributed by atoms with Gasteiger partial charge in [-0.2, -0.15) is 0 Å². The molecule has 3 rings (SSSR count). The maximum absolute atomic E-state index is 13.7. The van der Waals surface area contributed by atoms with E-state index >= 15 is 0 Å². The van der Waals surface area contributed by atoms with Gasteiger partial charge in [-0.15, -0.1) is 0 Å². The van der Waals surface area contributed by atoms with Crippen molar-refractivity contribution in [3.8, 4) is 5.69 Å². The molecule has 1 aromatic heterocycles. The molecular weight excluding hydrogens is 299 g/mol. The van der Waals surface area contributed by atoms with Crippen LogP contribution >= 0.6 is 11.6 Å². The first-order valence-corrected chi connectivity index (χ1v) is 7.60. The highest BCUT2D eigenvalue weighted by atomic mass is 35.5. The average molecular weight is 315 g/mol. The van der Waals surface area contributed by atoms with E-state index in [0.717, 1.165) is 34.0 Å². The highest BCUT2D eigenvalue weighted by molar-refractivity contribution is 6.31. The molecule has 0 saturated carbocycles. The lowest BCUT2D eigenvalue weighted by atomic mass is 10.0. The number of aryl methyl sites for hydroxylation is 1. The van der Waals surface area contributed by atoms with Gasteiger partial charge in [-0.1, -0.05) is 42.8 Å². The first-order chi connectivity index (χ1) is 10.7. The van der Waals surface area contributed by atoms with Crippen LogP contribution in [0.2, 0.25) is 5.02 Å². The Bertz CT molecular complexity index is 795. The maximum atomic E-state index is 13.7. The second kappa shape index (κ2) is 6.32. The summed E-state index contributed by atoms with van der Waals surface area (Å²) in [4.78, 5) is 4.18. The van der Waals surface area contributed by atoms with Crippen LogP contribution in [0.3, 0.4) is 0 Å². The number of halogens is 2. The smallest absolute Gasteiger partial charge is 0.125 e. The van der Waals surface area contributed by atoms with Gasteiger partial charge in [0.05, 0.1) is 12.0 Å². The van der Waals surface area contributed by atoms with Crippen LogP contribution in [0.1, 0.15) is 23.7 Å². The van der Waals surface area contributed by atoms with Gasteiger partial charge in [0.25, 0.3) is 0 Å². The predicted octanol–water partition coefficient (Wildman–Crippen LogP) is 4.82. The lowest BCUT2D eigenvalue weighted by molar-refractivity contribution is 0.625. The molecule has 0 radical (unpaired) electrons. The molecule has 2 nitrogen and oxygen atoms in total. The largest absolute Gasteiger partial charge is 0.303 e. The van der Waals surface area contributed by atoms with E-state index in [9.17, 15) is 4.39 Å². The van der Waals surface area contributed by atoms with Crippen molar-refractivity contribution >= 4 is 11.6 Å². The van der Waals surface area contributed by atoms with Gasteiger partial charge in [-0.3, -0.25) is 0 Å². The van der Waals surface area contributed by atoms with Crippen molar-refractivity contribution in [2.24, 2.45) is 0 Å². The number of hydrogen-bond acceptors (Lipinski definition) is 1. The fraction of sp³-hybridized carbons (Fsp3) is 0.167. The molecule has 0 atom stereocenters. The normalized spacial score (nSPS) is 10.9. The van der Waals surface area contributed by atoms with Gasteiger partial charge in [-0.25, -0.2) is 9.37 Å². The van der Waals surface area contributed by atoms with Crippen molar-refractivity contribution in [2.75, 3.05) is 0 Å². The zero-order valence-corrected chi connectivity index (χ0v) is 13.0. The minimum atomic E-state index is -0.256. The van der Waals surface area contributed by atoms with Crippen LogP contribution in [0.15, 0.2) is 55.0 Å². The number of benzene rings is 2. The first kappa shape index (κ1) is 14.8. The molecule has 0 aliphatic rings. The fourth-order valence-corrected chi connectivity index (χ4v) is 2.76. The molecule has 0 spiro atoms. The van der Waals surface area contributed by atoms with Crippen molar-refractivity contribution in [1.82, 2.24) is 9.55 Å². The summed E-state index contributed by atoms with van der Waals surface area (Å²) >= 11 is 6.25. The quantitative estimate of drug-likeness (QED) is 0.675. The van der Waals surface area contributed by atoms with Crippen LogP contribution in [0.4, 0.5) is 4.39 Å². The highest BCUT2D eigenvalue weighted by Gasteiger charge is 2.11. The Labute approximate surface area is 134 Å². The van der Waals surface area contributed by atoms with E-state index in [2.05, 4.69) is 11.9 Å². The molecule has 0 fully saturated rings. The summed E-state index contributed by atoms with van der Waals surface area (Å²) in [7, 11) is 0. The molecule has 0 N–H and O–H groups in total. The van der Waals surface area contributed by atoms with Gasteiger partial charge in [0.1, 0.15) is 5.82 Å². The summed E-state index contributed by atoms with van der Waals surface area (Å²) in [5.41, 5.74) is 3.90. The molecule has 0 saturated heterocycles. The lowest BCUT2D eigenvalue weighted by Crippen LogP contribution is -2.04. The number of rotatable bonds is 4. The SMILES string of the molecule is CCc1cncn1-c1cc(F)ccc1Cc1ccccc1Cl. The highest BCUT2D eigenvalue weighted by Crippen LogP contribution is 2.24. The monoisotopic (exact) mass is 314 g/mol. The second-order valence-corrected chi connectivity index (χ2v) is 5.56. The van der Waals surface area contributed by atoms with Gasteiger partial charge in [0.15, 0.2) is 0 Å². The van der Waals surface area contributed by atoms with Crippen LogP contribution in [-0.4, -0.2) is 9.55 Å². The maximum Gasteiger partial charge on any atom is 0.125 e. The molecule has 1 heterocycles. The second-order valence-electron chi connectivity index (χ2n) is 5.15. The first-order valence-electron chi connectivity index (χ1n) is 7.22. The van der Waals surface area contributed by atoms with Crippen molar-refractivity contribution in [3.05, 3.63) is 82.6 Å². The Morgan fingerprint density at radius 1 is 1.14 bits per heavy atom. The van der Waals surface area contributed by atoms with E-state index < -0.39 is 0 Å². The van der Waals surface area contributed by atoms with E-state index in [-0.39, 0.29) is 5.82 Å². The molecule has 4 heteroatoms. The van der Waals surface area contributed by atoms with Crippen LogP contribution in [-0.2, 0) is 12.8 Å². The Morgan fingerprint density at radius 2 is 1.95 bits per heavy atom. The van der Waals surface area contributed by atoms with Crippen molar-refractivity contribution < 1.29 is 4.39 Å². The Morgan fingerprint density at radius 3 is 2.73 bits per heavy atom. The summed E-state index contributed by atoms with van der Waals surface area (Å²) in [5, 5.41) is 0.721. The molecular formula is C18H16ClFN2. The fourth-order valence-electron chi connectivity index (χ4n) is 2.56. The molecule has 0 aliphatic carbocycles. The topological polar surface area (TPSA) is 17.8 Å². The summed E-state index contributed by atoms with van der Waals surface area (Å²) < 4.78 is 15.7. The summed E-state index contributed by atoms with van der Waals surface area (Å²) in [6, 6.07) is 12.6. The molecule has 22 heavy (non-hydrogen) atoms. The third-order valence-electron chi connectivity index (χ3n) is 3.72. The molecule has 0 aliphatic heterocycles. The standard InChI is InChI=1S/C18H16ClFN2/c1-2-16-11-21-12-22(16)18-10-15(20)8-7-14(18)9-13-5-3-4-6-17(13)19/h3-8,10-12H,2,9H2,1H3. The third-order valence-corrected chi connectivity index (χ3v) is 4.09. The minimum Gasteiger partial charge on any atom is -0.303 e. The minimum absolute atomic E-state index is 0.256. The predicted molar refractivity (Wildman–Crippen MR) is 87.2 cm³/mol. The Kier molecular flexibility index (Phi) is 4.25. The molecule has 0 unspecified atom stereocenters. The number of nitrogens with zero attached hydrogens (tertiary/aromatic N) is 2. The zero-order valence-electron chi connectivity index (χ0n) is 12.3. The Hall–Kier alpha value is -2.13. The number of aromatic nitrogens is 2. The van der Waals surface area contributed by atoms with E-state index in [4.69, 9.17) is 11.6 Å². The van der Waals surface area contributed by atoms with E-state index in [0.29, 0.717) is 6.42 Å². The molecule has 0 bridgehead atoms. The van der Waals surface area contributed by atoms with Gasteiger partial charge >= 0.3 is 0 Å². The van der Waals surface area contributed by atoms with Gasteiger partial charge in [-0.05, 0) is 35.7 Å². The van der Waals surface area contributed by atoms with Gasteiger partial charge in [0.2, 0.25) is 0 Å². The molecule has 2 aromatic carbocycles. The van der Waals surface area contributed by atoms with E-state index in [1.165, 1.54) is 6.07 Å². The summed E-state index contributed by atoms with van der Waals surface area (Å²) in [6.45, 7) is 2.06. The average Bonchev–Trinajstić information content (AvgIpc) is 2.99. The number of imidazole rings is 1. The lowest BCUT2D eigenvalue weighted by Gasteiger charge is -2.14.